The highest BCUT2D eigenvalue weighted by Gasteiger charge is 2.28. The second-order valence-electron chi connectivity index (χ2n) is 9.79. The van der Waals surface area contributed by atoms with Gasteiger partial charge in [-0.05, 0) is 78.2 Å². The van der Waals surface area contributed by atoms with Crippen LogP contribution in [0.5, 0.6) is 0 Å². The van der Waals surface area contributed by atoms with Crippen LogP contribution < -0.4 is 15.6 Å². The highest BCUT2D eigenvalue weighted by atomic mass is 35.5. The smallest absolute Gasteiger partial charge is 0.188 e. The van der Waals surface area contributed by atoms with E-state index in [1.807, 2.05) is 26.0 Å². The number of anilines is 1. The highest BCUT2D eigenvalue weighted by Crippen LogP contribution is 2.35. The van der Waals surface area contributed by atoms with E-state index in [0.717, 1.165) is 41.9 Å². The zero-order valence-electron chi connectivity index (χ0n) is 21.3. The first-order valence-corrected chi connectivity index (χ1v) is 12.8. The highest BCUT2D eigenvalue weighted by molar-refractivity contribution is 6.31. The molecule has 1 aromatic carbocycles. The second kappa shape index (κ2) is 10.7. The van der Waals surface area contributed by atoms with Crippen molar-refractivity contribution >= 4 is 22.9 Å². The van der Waals surface area contributed by atoms with Crippen LogP contribution in [0.3, 0.4) is 0 Å². The topological polar surface area (TPSA) is 88.9 Å². The zero-order valence-corrected chi connectivity index (χ0v) is 22.1. The van der Waals surface area contributed by atoms with Gasteiger partial charge in [0.25, 0.3) is 0 Å². The normalized spacial score (nSPS) is 19.4. The molecular formula is C26H37ClN6O2. The van der Waals surface area contributed by atoms with E-state index < -0.39 is 6.23 Å². The number of aromatic amines is 1. The van der Waals surface area contributed by atoms with E-state index in [4.69, 9.17) is 11.6 Å². The van der Waals surface area contributed by atoms with Crippen molar-refractivity contribution in [2.45, 2.75) is 71.3 Å². The number of fused-ring (bicyclic) bond motifs is 1. The van der Waals surface area contributed by atoms with E-state index in [9.17, 15) is 9.90 Å². The van der Waals surface area contributed by atoms with Crippen LogP contribution in [-0.4, -0.2) is 57.3 Å². The van der Waals surface area contributed by atoms with Gasteiger partial charge in [0.1, 0.15) is 12.6 Å². The fraction of sp³-hybridized carbons (Fsp3) is 0.538. The monoisotopic (exact) mass is 500 g/mol. The first-order chi connectivity index (χ1) is 16.7. The van der Waals surface area contributed by atoms with Gasteiger partial charge in [-0.15, -0.1) is 0 Å². The lowest BCUT2D eigenvalue weighted by Gasteiger charge is -2.40. The lowest BCUT2D eigenvalue weighted by Crippen LogP contribution is -2.42. The SMILES string of the molecule is CCN(c1cc(Cl)cc(C(O)NCc2c(C)n3[nH]cnc3cc2=O)c1C)C1CCC(N(C)C)CC1. The maximum Gasteiger partial charge on any atom is 0.188 e. The predicted molar refractivity (Wildman–Crippen MR) is 141 cm³/mol. The third-order valence-electron chi connectivity index (χ3n) is 7.58. The molecule has 1 fully saturated rings. The van der Waals surface area contributed by atoms with Crippen LogP contribution in [0.25, 0.3) is 5.65 Å². The van der Waals surface area contributed by atoms with Crippen molar-refractivity contribution in [3.63, 3.8) is 0 Å². The minimum absolute atomic E-state index is 0.108. The van der Waals surface area contributed by atoms with Crippen LogP contribution in [0.4, 0.5) is 5.69 Å². The molecule has 0 spiro atoms. The molecule has 9 heteroatoms. The number of nitrogens with one attached hydrogen (secondary N) is 2. The summed E-state index contributed by atoms with van der Waals surface area (Å²) < 4.78 is 1.76. The molecule has 35 heavy (non-hydrogen) atoms. The largest absolute Gasteiger partial charge is 0.374 e. The van der Waals surface area contributed by atoms with Crippen LogP contribution in [0, 0.1) is 13.8 Å². The summed E-state index contributed by atoms with van der Waals surface area (Å²) in [4.78, 5) is 21.5. The molecule has 0 bridgehead atoms. The number of H-pyrrole nitrogens is 1. The molecule has 1 aliphatic carbocycles. The van der Waals surface area contributed by atoms with Crippen molar-refractivity contribution in [3.8, 4) is 0 Å². The molecule has 0 radical (unpaired) electrons. The molecule has 1 unspecified atom stereocenters. The Kier molecular flexibility index (Phi) is 7.86. The molecule has 1 atom stereocenters. The predicted octanol–water partition coefficient (Wildman–Crippen LogP) is 3.77. The second-order valence-corrected chi connectivity index (χ2v) is 10.2. The number of hydrogen-bond donors (Lipinski definition) is 3. The van der Waals surface area contributed by atoms with E-state index in [1.54, 1.807) is 10.8 Å². The average Bonchev–Trinajstić information content (AvgIpc) is 3.30. The number of aliphatic hydroxyl groups is 1. The standard InChI is InChI=1S/C26H37ClN6O2/c1-6-32(20-9-7-19(8-10-20)31(4)5)23-12-18(27)11-21(16(23)2)26(35)28-14-22-17(3)33-25(13-24(22)34)29-15-30-33/h11-13,15,19-20,26,28,35H,6-10,14H2,1-5H3,(H,29,30). The van der Waals surface area contributed by atoms with E-state index in [2.05, 4.69) is 46.2 Å². The number of rotatable bonds is 8. The molecule has 1 aliphatic rings. The summed E-state index contributed by atoms with van der Waals surface area (Å²) >= 11 is 6.55. The summed E-state index contributed by atoms with van der Waals surface area (Å²) in [6.45, 7) is 7.18. The molecule has 3 N–H and O–H groups in total. The van der Waals surface area contributed by atoms with Gasteiger partial charge in [0, 0.05) is 58.8 Å². The molecule has 8 nitrogen and oxygen atoms in total. The minimum Gasteiger partial charge on any atom is -0.374 e. The van der Waals surface area contributed by atoms with Crippen molar-refractivity contribution in [2.75, 3.05) is 25.5 Å². The van der Waals surface area contributed by atoms with Gasteiger partial charge in [0.05, 0.1) is 0 Å². The molecule has 0 aliphatic heterocycles. The summed E-state index contributed by atoms with van der Waals surface area (Å²) in [7, 11) is 4.32. The number of nitrogens with zero attached hydrogens (tertiary/aromatic N) is 4. The average molecular weight is 501 g/mol. The summed E-state index contributed by atoms with van der Waals surface area (Å²) in [6.07, 6.45) is 5.23. The lowest BCUT2D eigenvalue weighted by atomic mass is 9.88. The number of aryl methyl sites for hydroxylation is 1. The molecule has 190 valence electrons. The van der Waals surface area contributed by atoms with Gasteiger partial charge < -0.3 is 14.9 Å². The fourth-order valence-corrected chi connectivity index (χ4v) is 5.69. The Morgan fingerprint density at radius 3 is 2.54 bits per heavy atom. The van der Waals surface area contributed by atoms with Crippen molar-refractivity contribution in [1.82, 2.24) is 24.8 Å². The van der Waals surface area contributed by atoms with Crippen molar-refractivity contribution in [3.05, 3.63) is 62.2 Å². The molecular weight excluding hydrogens is 464 g/mol. The summed E-state index contributed by atoms with van der Waals surface area (Å²) in [5.74, 6) is 0. The first-order valence-electron chi connectivity index (χ1n) is 12.4. The Bertz CT molecular complexity index is 1230. The number of halogens is 1. The lowest BCUT2D eigenvalue weighted by molar-refractivity contribution is 0.136. The molecule has 4 rings (SSSR count). The Morgan fingerprint density at radius 2 is 1.89 bits per heavy atom. The Morgan fingerprint density at radius 1 is 1.20 bits per heavy atom. The molecule has 0 saturated heterocycles. The van der Waals surface area contributed by atoms with Gasteiger partial charge in [0.15, 0.2) is 11.1 Å². The van der Waals surface area contributed by atoms with E-state index >= 15 is 0 Å². The van der Waals surface area contributed by atoms with E-state index in [0.29, 0.717) is 28.3 Å². The number of aliphatic hydroxyl groups excluding tert-OH is 1. The Balaban J connectivity index is 1.55. The van der Waals surface area contributed by atoms with Crippen molar-refractivity contribution in [1.29, 1.82) is 0 Å². The molecule has 0 amide bonds. The minimum atomic E-state index is -0.961. The molecule has 2 heterocycles. The molecule has 2 aromatic heterocycles. The molecule has 3 aromatic rings. The van der Waals surface area contributed by atoms with Crippen LogP contribution >= 0.6 is 11.6 Å². The third kappa shape index (κ3) is 5.26. The Labute approximate surface area is 211 Å². The summed E-state index contributed by atoms with van der Waals surface area (Å²) in [5, 5.41) is 17.8. The fourth-order valence-electron chi connectivity index (χ4n) is 5.47. The first kappa shape index (κ1) is 25.7. The zero-order chi connectivity index (χ0) is 25.3. The quantitative estimate of drug-likeness (QED) is 0.408. The van der Waals surface area contributed by atoms with Gasteiger partial charge in [-0.2, -0.15) is 0 Å². The van der Waals surface area contributed by atoms with E-state index in [1.165, 1.54) is 18.9 Å². The number of benzene rings is 1. The molecule has 1 saturated carbocycles. The maximum atomic E-state index is 12.6. The number of pyridine rings is 1. The van der Waals surface area contributed by atoms with Crippen LogP contribution in [0.2, 0.25) is 5.02 Å². The van der Waals surface area contributed by atoms with Gasteiger partial charge in [-0.3, -0.25) is 15.2 Å². The third-order valence-corrected chi connectivity index (χ3v) is 7.80. The van der Waals surface area contributed by atoms with Crippen molar-refractivity contribution < 1.29 is 5.11 Å². The van der Waals surface area contributed by atoms with Crippen LogP contribution in [0.1, 0.15) is 61.2 Å². The summed E-state index contributed by atoms with van der Waals surface area (Å²) in [6, 6.07) is 6.42. The van der Waals surface area contributed by atoms with Crippen molar-refractivity contribution in [2.24, 2.45) is 0 Å². The van der Waals surface area contributed by atoms with Crippen LogP contribution in [-0.2, 0) is 6.54 Å². The van der Waals surface area contributed by atoms with Gasteiger partial charge in [-0.25, -0.2) is 9.50 Å². The van der Waals surface area contributed by atoms with Gasteiger partial charge >= 0.3 is 0 Å². The van der Waals surface area contributed by atoms with Crippen LogP contribution in [0.15, 0.2) is 29.3 Å². The number of hydrogen-bond acceptors (Lipinski definition) is 6. The van der Waals surface area contributed by atoms with E-state index in [-0.39, 0.29) is 12.0 Å². The van der Waals surface area contributed by atoms with Gasteiger partial charge in [0.2, 0.25) is 0 Å². The van der Waals surface area contributed by atoms with Gasteiger partial charge in [-0.1, -0.05) is 11.6 Å². The Hall–Kier alpha value is -2.39. The summed E-state index contributed by atoms with van der Waals surface area (Å²) in [5.41, 5.74) is 4.61. The number of aromatic nitrogens is 3. The maximum absolute atomic E-state index is 12.6.